The van der Waals surface area contributed by atoms with Crippen molar-refractivity contribution in [3.8, 4) is 34.6 Å². The molecule has 3 aromatic heterocycles. The quantitative estimate of drug-likeness (QED) is 0.167. The van der Waals surface area contributed by atoms with Crippen LogP contribution in [0.4, 0.5) is 26.3 Å². The second kappa shape index (κ2) is 13.1. The number of hydrogen-bond donors (Lipinski definition) is 0. The summed E-state index contributed by atoms with van der Waals surface area (Å²) in [5.41, 5.74) is 0.150. The molecular formula is C35H25F6N7O4. The first-order valence-corrected chi connectivity index (χ1v) is 15.6. The number of nitrogens with zero attached hydrogens (tertiary/aromatic N) is 7. The molecule has 1 fully saturated rings. The van der Waals surface area contributed by atoms with Crippen LogP contribution in [-0.2, 0) is 19.4 Å². The van der Waals surface area contributed by atoms with Crippen molar-refractivity contribution in [2.24, 2.45) is 7.05 Å². The molecule has 1 aliphatic rings. The Bertz CT molecular complexity index is 2260. The lowest BCUT2D eigenvalue weighted by Crippen LogP contribution is -2.50. The van der Waals surface area contributed by atoms with E-state index in [0.29, 0.717) is 22.5 Å². The number of aryl methyl sites for hydroxylation is 1. The van der Waals surface area contributed by atoms with E-state index in [-0.39, 0.29) is 60.9 Å². The number of aromatic nitrogens is 5. The molecule has 0 spiro atoms. The van der Waals surface area contributed by atoms with Crippen LogP contribution in [0.1, 0.15) is 32.0 Å². The molecular weight excluding hydrogens is 696 g/mol. The van der Waals surface area contributed by atoms with Gasteiger partial charge in [0.05, 0.1) is 29.0 Å². The molecule has 0 radical (unpaired) electrons. The van der Waals surface area contributed by atoms with Crippen molar-refractivity contribution in [1.29, 1.82) is 0 Å². The average molecular weight is 722 g/mol. The molecule has 1 aliphatic heterocycles. The van der Waals surface area contributed by atoms with Crippen molar-refractivity contribution in [2.45, 2.75) is 12.4 Å². The maximum absolute atomic E-state index is 13.5. The lowest BCUT2D eigenvalue weighted by molar-refractivity contribution is -0.138. The zero-order chi connectivity index (χ0) is 36.8. The van der Waals surface area contributed by atoms with Crippen LogP contribution in [0.25, 0.3) is 33.9 Å². The van der Waals surface area contributed by atoms with Crippen molar-refractivity contribution < 1.29 is 45.2 Å². The molecule has 0 atom stereocenters. The summed E-state index contributed by atoms with van der Waals surface area (Å²) in [7, 11) is 1.74. The van der Waals surface area contributed by atoms with Crippen molar-refractivity contribution in [2.75, 3.05) is 26.2 Å². The molecule has 1 saturated heterocycles. The predicted octanol–water partition coefficient (Wildman–Crippen LogP) is 7.11. The highest BCUT2D eigenvalue weighted by Gasteiger charge is 2.32. The minimum atomic E-state index is -4.50. The van der Waals surface area contributed by atoms with Crippen LogP contribution in [-0.4, -0.2) is 72.5 Å². The van der Waals surface area contributed by atoms with Gasteiger partial charge in [0.2, 0.25) is 11.7 Å². The summed E-state index contributed by atoms with van der Waals surface area (Å²) >= 11 is 0. The van der Waals surface area contributed by atoms with Gasteiger partial charge in [-0.05, 0) is 54.6 Å². The third-order valence-electron chi connectivity index (χ3n) is 8.52. The van der Waals surface area contributed by atoms with Gasteiger partial charge in [0.15, 0.2) is 0 Å². The number of carbonyl (C=O) groups is 2. The Balaban J connectivity index is 0.980. The lowest BCUT2D eigenvalue weighted by Gasteiger charge is -2.35. The van der Waals surface area contributed by atoms with Crippen LogP contribution >= 0.6 is 0 Å². The SMILES string of the molecule is Cn1c(C(=O)N2CCN(C(=O)c3ccc(C(F)(F)F)cc3)CC2)cc2ccc(Oc3cnc(-c4nc(-c5ccc(C(F)(F)F)cc5)no4)cn3)cc21. The summed E-state index contributed by atoms with van der Waals surface area (Å²) in [6.07, 6.45) is -6.29. The number of rotatable bonds is 6. The number of fused-ring (bicyclic) bond motifs is 1. The van der Waals surface area contributed by atoms with E-state index in [2.05, 4.69) is 20.1 Å². The van der Waals surface area contributed by atoms with E-state index in [1.165, 1.54) is 29.4 Å². The molecule has 2 amide bonds. The maximum atomic E-state index is 13.5. The third kappa shape index (κ3) is 6.88. The highest BCUT2D eigenvalue weighted by molar-refractivity contribution is 5.99. The maximum Gasteiger partial charge on any atom is 0.416 e. The largest absolute Gasteiger partial charge is 0.437 e. The summed E-state index contributed by atoms with van der Waals surface area (Å²) in [5, 5.41) is 4.59. The normalized spacial score (nSPS) is 13.8. The monoisotopic (exact) mass is 721 g/mol. The van der Waals surface area contributed by atoms with E-state index in [0.717, 1.165) is 41.8 Å². The molecule has 0 unspecified atom stereocenters. The molecule has 0 bridgehead atoms. The van der Waals surface area contributed by atoms with Gasteiger partial charge in [-0.25, -0.2) is 9.97 Å². The Labute approximate surface area is 290 Å². The van der Waals surface area contributed by atoms with Crippen molar-refractivity contribution in [1.82, 2.24) is 34.5 Å². The van der Waals surface area contributed by atoms with Crippen LogP contribution in [0.5, 0.6) is 11.6 Å². The summed E-state index contributed by atoms with van der Waals surface area (Å²) < 4.78 is 90.2. The van der Waals surface area contributed by atoms with Crippen molar-refractivity contribution >= 4 is 22.7 Å². The van der Waals surface area contributed by atoms with Crippen LogP contribution < -0.4 is 4.74 Å². The Kier molecular flexibility index (Phi) is 8.64. The zero-order valence-electron chi connectivity index (χ0n) is 26.9. The number of hydrogen-bond acceptors (Lipinski definition) is 8. The van der Waals surface area contributed by atoms with Gasteiger partial charge in [-0.3, -0.25) is 9.59 Å². The van der Waals surface area contributed by atoms with E-state index < -0.39 is 29.4 Å². The second-order valence-electron chi connectivity index (χ2n) is 11.8. The van der Waals surface area contributed by atoms with Gasteiger partial charge in [0.25, 0.3) is 17.7 Å². The molecule has 52 heavy (non-hydrogen) atoms. The minimum absolute atomic E-state index is 0.00328. The number of alkyl halides is 6. The fourth-order valence-electron chi connectivity index (χ4n) is 5.69. The topological polar surface area (TPSA) is 119 Å². The van der Waals surface area contributed by atoms with Gasteiger partial charge in [0.1, 0.15) is 17.1 Å². The highest BCUT2D eigenvalue weighted by atomic mass is 19.4. The van der Waals surface area contributed by atoms with Gasteiger partial charge >= 0.3 is 12.4 Å². The number of piperazine rings is 1. The predicted molar refractivity (Wildman–Crippen MR) is 172 cm³/mol. The first-order valence-electron chi connectivity index (χ1n) is 15.6. The Morgan fingerprint density at radius 1 is 0.750 bits per heavy atom. The van der Waals surface area contributed by atoms with Gasteiger partial charge in [-0.2, -0.15) is 31.3 Å². The molecule has 3 aromatic carbocycles. The number of halogens is 6. The van der Waals surface area contributed by atoms with Crippen molar-refractivity contribution in [3.05, 3.63) is 108 Å². The molecule has 0 saturated carbocycles. The number of amides is 2. The Hall–Kier alpha value is -6.26. The van der Waals surface area contributed by atoms with E-state index in [1.54, 1.807) is 40.8 Å². The van der Waals surface area contributed by atoms with Gasteiger partial charge < -0.3 is 23.6 Å². The molecule has 6 aromatic rings. The second-order valence-corrected chi connectivity index (χ2v) is 11.8. The van der Waals surface area contributed by atoms with Crippen LogP contribution in [0, 0.1) is 0 Å². The fraction of sp³-hybridized carbons (Fsp3) is 0.200. The van der Waals surface area contributed by atoms with Gasteiger partial charge in [-0.15, -0.1) is 0 Å². The molecule has 11 nitrogen and oxygen atoms in total. The number of carbonyl (C=O) groups excluding carboxylic acids is 2. The number of benzene rings is 3. The highest BCUT2D eigenvalue weighted by Crippen LogP contribution is 2.32. The summed E-state index contributed by atoms with van der Waals surface area (Å²) in [4.78, 5) is 42.2. The van der Waals surface area contributed by atoms with Crippen LogP contribution in [0.15, 0.2) is 89.7 Å². The Morgan fingerprint density at radius 2 is 1.37 bits per heavy atom. The van der Waals surface area contributed by atoms with E-state index >= 15 is 0 Å². The average Bonchev–Trinajstić information content (AvgIpc) is 3.76. The first kappa shape index (κ1) is 34.2. The number of ether oxygens (including phenoxy) is 1. The van der Waals surface area contributed by atoms with Crippen LogP contribution in [0.2, 0.25) is 0 Å². The summed E-state index contributed by atoms with van der Waals surface area (Å²) in [6, 6.07) is 15.4. The molecule has 266 valence electrons. The molecule has 0 N–H and O–H groups in total. The van der Waals surface area contributed by atoms with Gasteiger partial charge in [0, 0.05) is 55.8 Å². The molecule has 7 rings (SSSR count). The zero-order valence-corrected chi connectivity index (χ0v) is 26.9. The molecule has 0 aliphatic carbocycles. The van der Waals surface area contributed by atoms with Gasteiger partial charge in [-0.1, -0.05) is 17.3 Å². The third-order valence-corrected chi connectivity index (χ3v) is 8.52. The lowest BCUT2D eigenvalue weighted by atomic mass is 10.1. The first-order chi connectivity index (χ1) is 24.7. The Morgan fingerprint density at radius 3 is 1.96 bits per heavy atom. The van der Waals surface area contributed by atoms with Crippen LogP contribution in [0.3, 0.4) is 0 Å². The molecule has 17 heteroatoms. The summed E-state index contributed by atoms with van der Waals surface area (Å²) in [6.45, 7) is 0.936. The summed E-state index contributed by atoms with van der Waals surface area (Å²) in [5.74, 6) is -0.0194. The van der Waals surface area contributed by atoms with E-state index in [1.807, 2.05) is 0 Å². The standard InChI is InChI=1S/C35H25F6N7O4/c1-46-27-17-25(51-29-19-42-26(18-43-29)31-44-30(45-52-31)20-2-7-23(8-3-20)34(36,37)38)11-6-22(27)16-28(46)33(50)48-14-12-47(13-15-48)32(49)21-4-9-24(10-5-21)35(39,40)41/h2-11,16-19H,12-15H2,1H3. The van der Waals surface area contributed by atoms with Crippen molar-refractivity contribution in [3.63, 3.8) is 0 Å². The van der Waals surface area contributed by atoms with E-state index in [9.17, 15) is 35.9 Å². The fourth-order valence-corrected chi connectivity index (χ4v) is 5.69. The smallest absolute Gasteiger partial charge is 0.416 e. The minimum Gasteiger partial charge on any atom is -0.437 e. The van der Waals surface area contributed by atoms with E-state index in [4.69, 9.17) is 9.26 Å². The molecule has 4 heterocycles.